The van der Waals surface area contributed by atoms with Crippen molar-refractivity contribution in [2.75, 3.05) is 6.54 Å². The maximum Gasteiger partial charge on any atom is 0.175 e. The van der Waals surface area contributed by atoms with Gasteiger partial charge in [-0.3, -0.25) is 0 Å². The molecule has 1 aliphatic carbocycles. The van der Waals surface area contributed by atoms with Gasteiger partial charge >= 0.3 is 0 Å². The molecule has 78 valence electrons. The second-order valence-electron chi connectivity index (χ2n) is 3.87. The Labute approximate surface area is 83.7 Å². The van der Waals surface area contributed by atoms with Gasteiger partial charge in [-0.1, -0.05) is 24.5 Å². The van der Waals surface area contributed by atoms with Crippen molar-refractivity contribution in [3.63, 3.8) is 0 Å². The molecule has 2 rings (SSSR count). The van der Waals surface area contributed by atoms with Gasteiger partial charge in [0.05, 0.1) is 0 Å². The highest BCUT2D eigenvalue weighted by atomic mass is 15.5. The van der Waals surface area contributed by atoms with E-state index in [9.17, 15) is 0 Å². The summed E-state index contributed by atoms with van der Waals surface area (Å²) in [6.45, 7) is 0.962. The van der Waals surface area contributed by atoms with Crippen molar-refractivity contribution < 1.29 is 0 Å². The van der Waals surface area contributed by atoms with E-state index < -0.39 is 0 Å². The lowest BCUT2D eigenvalue weighted by Crippen LogP contribution is -2.32. The van der Waals surface area contributed by atoms with Gasteiger partial charge in [-0.05, 0) is 12.8 Å². The van der Waals surface area contributed by atoms with Crippen LogP contribution < -0.4 is 5.32 Å². The molecule has 0 bridgehead atoms. The minimum absolute atomic E-state index is 0.718. The van der Waals surface area contributed by atoms with Crippen LogP contribution in [0.1, 0.15) is 37.9 Å². The van der Waals surface area contributed by atoms with E-state index in [1.165, 1.54) is 32.1 Å². The van der Waals surface area contributed by atoms with Gasteiger partial charge in [0.1, 0.15) is 0 Å². The van der Waals surface area contributed by atoms with Crippen LogP contribution in [0.2, 0.25) is 0 Å². The summed E-state index contributed by atoms with van der Waals surface area (Å²) < 4.78 is 0. The molecule has 1 aliphatic rings. The standard InChI is InChI=1S/C9H17N5/c1-2-4-8(5-3-1)10-7-6-9-11-13-14-12-9/h8,10H,1-7H2,(H,11,12,13,14). The first-order chi connectivity index (χ1) is 6.95. The third-order valence-electron chi connectivity index (χ3n) is 2.78. The van der Waals surface area contributed by atoms with Gasteiger partial charge in [0, 0.05) is 19.0 Å². The third-order valence-corrected chi connectivity index (χ3v) is 2.78. The quantitative estimate of drug-likeness (QED) is 0.741. The van der Waals surface area contributed by atoms with Gasteiger partial charge in [-0.2, -0.15) is 5.21 Å². The summed E-state index contributed by atoms with van der Waals surface area (Å²) in [5, 5.41) is 17.3. The fourth-order valence-corrected chi connectivity index (χ4v) is 1.98. The van der Waals surface area contributed by atoms with Crippen molar-refractivity contribution >= 4 is 0 Å². The Bertz CT molecular complexity index is 240. The topological polar surface area (TPSA) is 66.5 Å². The van der Waals surface area contributed by atoms with E-state index in [-0.39, 0.29) is 0 Å². The Kier molecular flexibility index (Phi) is 3.45. The summed E-state index contributed by atoms with van der Waals surface area (Å²) in [5.74, 6) is 0.799. The van der Waals surface area contributed by atoms with Crippen LogP contribution in [0.15, 0.2) is 0 Å². The smallest absolute Gasteiger partial charge is 0.175 e. The van der Waals surface area contributed by atoms with E-state index in [4.69, 9.17) is 0 Å². The first-order valence-corrected chi connectivity index (χ1v) is 5.41. The molecule has 14 heavy (non-hydrogen) atoms. The summed E-state index contributed by atoms with van der Waals surface area (Å²) >= 11 is 0. The van der Waals surface area contributed by atoms with E-state index in [0.717, 1.165) is 24.8 Å². The second-order valence-corrected chi connectivity index (χ2v) is 3.87. The first-order valence-electron chi connectivity index (χ1n) is 5.41. The van der Waals surface area contributed by atoms with Crippen molar-refractivity contribution in [1.82, 2.24) is 25.9 Å². The Balaban J connectivity index is 1.62. The van der Waals surface area contributed by atoms with Crippen LogP contribution in [0.25, 0.3) is 0 Å². The number of nitrogens with zero attached hydrogens (tertiary/aromatic N) is 3. The average Bonchev–Trinajstić information content (AvgIpc) is 2.72. The SMILES string of the molecule is C1CCC(NCCc2nn[nH]n2)CC1. The Morgan fingerprint density at radius 3 is 2.86 bits per heavy atom. The molecular formula is C9H17N5. The van der Waals surface area contributed by atoms with Crippen LogP contribution in [0, 0.1) is 0 Å². The number of H-pyrrole nitrogens is 1. The molecule has 1 aromatic heterocycles. The zero-order valence-corrected chi connectivity index (χ0v) is 8.37. The maximum atomic E-state index is 3.91. The van der Waals surface area contributed by atoms with Crippen LogP contribution in [-0.2, 0) is 6.42 Å². The van der Waals surface area contributed by atoms with Crippen molar-refractivity contribution in [3.05, 3.63) is 5.82 Å². The molecule has 2 N–H and O–H groups in total. The lowest BCUT2D eigenvalue weighted by molar-refractivity contribution is 0.374. The molecule has 5 heteroatoms. The summed E-state index contributed by atoms with van der Waals surface area (Å²) in [4.78, 5) is 0. The van der Waals surface area contributed by atoms with Crippen LogP contribution in [0.5, 0.6) is 0 Å². The fourth-order valence-electron chi connectivity index (χ4n) is 1.98. The molecule has 0 amide bonds. The van der Waals surface area contributed by atoms with Crippen molar-refractivity contribution in [3.8, 4) is 0 Å². The van der Waals surface area contributed by atoms with Crippen LogP contribution in [0.3, 0.4) is 0 Å². The third kappa shape index (κ3) is 2.77. The van der Waals surface area contributed by atoms with Gasteiger partial charge in [0.15, 0.2) is 5.82 Å². The molecule has 1 aromatic rings. The monoisotopic (exact) mass is 195 g/mol. The average molecular weight is 195 g/mol. The number of aromatic amines is 1. The zero-order valence-electron chi connectivity index (χ0n) is 8.37. The molecule has 0 aliphatic heterocycles. The van der Waals surface area contributed by atoms with E-state index in [2.05, 4.69) is 25.9 Å². The van der Waals surface area contributed by atoms with E-state index in [1.807, 2.05) is 0 Å². The van der Waals surface area contributed by atoms with Gasteiger partial charge in [-0.25, -0.2) is 0 Å². The lowest BCUT2D eigenvalue weighted by Gasteiger charge is -2.22. The largest absolute Gasteiger partial charge is 0.314 e. The summed E-state index contributed by atoms with van der Waals surface area (Å²) in [5.41, 5.74) is 0. The molecule has 1 fully saturated rings. The number of hydrogen-bond acceptors (Lipinski definition) is 4. The van der Waals surface area contributed by atoms with Crippen molar-refractivity contribution in [1.29, 1.82) is 0 Å². The fraction of sp³-hybridized carbons (Fsp3) is 0.889. The summed E-state index contributed by atoms with van der Waals surface area (Å²) in [6, 6.07) is 0.718. The molecule has 0 aromatic carbocycles. The zero-order chi connectivity index (χ0) is 9.64. The first kappa shape index (κ1) is 9.58. The number of hydrogen-bond donors (Lipinski definition) is 2. The van der Waals surface area contributed by atoms with Crippen molar-refractivity contribution in [2.45, 2.75) is 44.6 Å². The molecule has 0 spiro atoms. The number of rotatable bonds is 4. The molecule has 1 heterocycles. The van der Waals surface area contributed by atoms with E-state index in [0.29, 0.717) is 0 Å². The Morgan fingerprint density at radius 2 is 2.14 bits per heavy atom. The van der Waals surface area contributed by atoms with Gasteiger partial charge < -0.3 is 5.32 Å². The van der Waals surface area contributed by atoms with E-state index >= 15 is 0 Å². The molecule has 0 saturated heterocycles. The molecule has 5 nitrogen and oxygen atoms in total. The Morgan fingerprint density at radius 1 is 1.29 bits per heavy atom. The summed E-state index contributed by atoms with van der Waals surface area (Å²) in [7, 11) is 0. The van der Waals surface area contributed by atoms with Crippen LogP contribution in [-0.4, -0.2) is 33.2 Å². The minimum Gasteiger partial charge on any atom is -0.314 e. The normalized spacial score (nSPS) is 18.6. The van der Waals surface area contributed by atoms with Crippen LogP contribution in [0.4, 0.5) is 0 Å². The maximum absolute atomic E-state index is 3.91. The number of aromatic nitrogens is 4. The minimum atomic E-state index is 0.718. The van der Waals surface area contributed by atoms with Gasteiger partial charge in [-0.15, -0.1) is 10.2 Å². The number of tetrazole rings is 1. The summed E-state index contributed by atoms with van der Waals surface area (Å²) in [6.07, 6.45) is 7.67. The predicted molar refractivity (Wildman–Crippen MR) is 52.8 cm³/mol. The van der Waals surface area contributed by atoms with E-state index in [1.54, 1.807) is 0 Å². The highest BCUT2D eigenvalue weighted by Gasteiger charge is 2.12. The highest BCUT2D eigenvalue weighted by Crippen LogP contribution is 2.16. The second kappa shape index (κ2) is 5.05. The van der Waals surface area contributed by atoms with Crippen LogP contribution >= 0.6 is 0 Å². The highest BCUT2D eigenvalue weighted by molar-refractivity contribution is 4.79. The Hall–Kier alpha value is -0.970. The van der Waals surface area contributed by atoms with Gasteiger partial charge in [0.25, 0.3) is 0 Å². The van der Waals surface area contributed by atoms with Crippen molar-refractivity contribution in [2.24, 2.45) is 0 Å². The molecular weight excluding hydrogens is 178 g/mol. The molecule has 0 atom stereocenters. The molecule has 0 unspecified atom stereocenters. The molecule has 1 saturated carbocycles. The molecule has 0 radical (unpaired) electrons. The number of nitrogens with one attached hydrogen (secondary N) is 2. The van der Waals surface area contributed by atoms with Gasteiger partial charge in [0.2, 0.25) is 0 Å². The lowest BCUT2D eigenvalue weighted by atomic mass is 9.95. The predicted octanol–water partition coefficient (Wildman–Crippen LogP) is 0.664.